The summed E-state index contributed by atoms with van der Waals surface area (Å²) in [6, 6.07) is 4.65. The van der Waals surface area contributed by atoms with Gasteiger partial charge >= 0.3 is 0 Å². The molecule has 0 aromatic heterocycles. The zero-order valence-electron chi connectivity index (χ0n) is 10.7. The maximum absolute atomic E-state index is 11.3. The normalized spacial score (nSPS) is 12.4. The van der Waals surface area contributed by atoms with Crippen LogP contribution in [0.25, 0.3) is 0 Å². The summed E-state index contributed by atoms with van der Waals surface area (Å²) in [5.41, 5.74) is 6.07. The fraction of sp³-hybridized carbons (Fsp3) is 0.455. The van der Waals surface area contributed by atoms with Crippen LogP contribution in [0.15, 0.2) is 23.1 Å². The summed E-state index contributed by atoms with van der Waals surface area (Å²) in [7, 11) is -2.23. The first kappa shape index (κ1) is 14.7. The van der Waals surface area contributed by atoms with Gasteiger partial charge in [0, 0.05) is 7.11 Å². The zero-order valence-corrected chi connectivity index (χ0v) is 11.5. The van der Waals surface area contributed by atoms with Gasteiger partial charge in [0.25, 0.3) is 0 Å². The van der Waals surface area contributed by atoms with Crippen molar-refractivity contribution in [2.24, 2.45) is 5.14 Å². The Kier molecular flexibility index (Phi) is 4.20. The number of nitrogens with one attached hydrogen (secondary N) is 1. The first-order chi connectivity index (χ1) is 8.17. The molecule has 0 saturated heterocycles. The number of hydrogen-bond donors (Lipinski definition) is 3. The Morgan fingerprint density at radius 2 is 2.00 bits per heavy atom. The maximum Gasteiger partial charge on any atom is 0.240 e. The van der Waals surface area contributed by atoms with Gasteiger partial charge in [-0.3, -0.25) is 0 Å². The van der Waals surface area contributed by atoms with Crippen molar-refractivity contribution < 1.29 is 13.2 Å². The first-order valence-corrected chi connectivity index (χ1v) is 6.90. The highest BCUT2D eigenvalue weighted by Gasteiger charge is 2.21. The van der Waals surface area contributed by atoms with Crippen LogP contribution in [-0.2, 0) is 14.8 Å². The average Bonchev–Trinajstić information content (AvgIpc) is 2.18. The second kappa shape index (κ2) is 5.13. The molecule has 1 aromatic rings. The number of benzene rings is 1. The highest BCUT2D eigenvalue weighted by atomic mass is 32.2. The van der Waals surface area contributed by atoms with E-state index in [4.69, 9.17) is 15.6 Å². The van der Waals surface area contributed by atoms with Crippen LogP contribution >= 0.6 is 0 Å². The lowest BCUT2D eigenvalue weighted by molar-refractivity contribution is 0.158. The number of nitrogens with two attached hydrogens (primary N) is 2. The van der Waals surface area contributed by atoms with Gasteiger partial charge < -0.3 is 15.8 Å². The molecule has 0 heterocycles. The molecule has 0 bridgehead atoms. The van der Waals surface area contributed by atoms with Crippen LogP contribution in [0.5, 0.6) is 0 Å². The molecule has 0 aliphatic carbocycles. The number of rotatable bonds is 5. The predicted octanol–water partition coefficient (Wildman–Crippen LogP) is 0.753. The van der Waals surface area contributed by atoms with Crippen molar-refractivity contribution in [2.75, 3.05) is 24.8 Å². The molecule has 102 valence electrons. The van der Waals surface area contributed by atoms with Crippen LogP contribution in [0.2, 0.25) is 0 Å². The molecule has 0 atom stereocenters. The molecule has 7 heteroatoms. The summed E-state index contributed by atoms with van der Waals surface area (Å²) >= 11 is 0. The van der Waals surface area contributed by atoms with Gasteiger partial charge in [-0.15, -0.1) is 0 Å². The lowest BCUT2D eigenvalue weighted by Crippen LogP contribution is -2.36. The molecular weight excluding hydrogens is 254 g/mol. The number of hydrogen-bond acceptors (Lipinski definition) is 5. The second-order valence-electron chi connectivity index (χ2n) is 4.70. The van der Waals surface area contributed by atoms with Gasteiger partial charge in [0.2, 0.25) is 10.0 Å². The number of ether oxygens (including phenoxy) is 1. The Hall–Kier alpha value is -1.31. The van der Waals surface area contributed by atoms with Crippen molar-refractivity contribution in [1.82, 2.24) is 0 Å². The summed E-state index contributed by atoms with van der Waals surface area (Å²) in [6.07, 6.45) is 0. The molecule has 0 saturated carbocycles. The molecule has 6 nitrogen and oxygen atoms in total. The Morgan fingerprint density at radius 1 is 1.39 bits per heavy atom. The molecular formula is C11H19N3O3S. The quantitative estimate of drug-likeness (QED) is 0.686. The van der Waals surface area contributed by atoms with E-state index in [1.54, 1.807) is 19.2 Å². The number of para-hydroxylation sites is 1. The van der Waals surface area contributed by atoms with Gasteiger partial charge in [-0.2, -0.15) is 0 Å². The monoisotopic (exact) mass is 273 g/mol. The summed E-state index contributed by atoms with van der Waals surface area (Å²) in [6.45, 7) is 4.28. The van der Waals surface area contributed by atoms with Crippen LogP contribution in [0.1, 0.15) is 13.8 Å². The Bertz CT molecular complexity index is 526. The van der Waals surface area contributed by atoms with E-state index in [0.717, 1.165) is 0 Å². The number of nitrogen functional groups attached to an aromatic ring is 1. The van der Waals surface area contributed by atoms with Crippen LogP contribution in [0, 0.1) is 0 Å². The molecule has 1 aromatic carbocycles. The number of methoxy groups -OCH3 is 1. The van der Waals surface area contributed by atoms with Crippen molar-refractivity contribution in [1.29, 1.82) is 0 Å². The smallest absolute Gasteiger partial charge is 0.240 e. The van der Waals surface area contributed by atoms with Crippen molar-refractivity contribution in [3.05, 3.63) is 18.2 Å². The average molecular weight is 273 g/mol. The minimum atomic E-state index is -3.82. The van der Waals surface area contributed by atoms with E-state index in [1.807, 2.05) is 13.8 Å². The highest BCUT2D eigenvalue weighted by Crippen LogP contribution is 2.28. The summed E-state index contributed by atoms with van der Waals surface area (Å²) in [5, 5.41) is 8.22. The summed E-state index contributed by atoms with van der Waals surface area (Å²) in [5.74, 6) is 0. The summed E-state index contributed by atoms with van der Waals surface area (Å²) < 4.78 is 27.8. The molecule has 5 N–H and O–H groups in total. The van der Waals surface area contributed by atoms with Gasteiger partial charge in [0.1, 0.15) is 4.90 Å². The van der Waals surface area contributed by atoms with E-state index in [9.17, 15) is 8.42 Å². The number of primary sulfonamides is 1. The molecule has 0 fully saturated rings. The molecule has 1 rings (SSSR count). The minimum Gasteiger partial charge on any atom is -0.396 e. The third kappa shape index (κ3) is 3.59. The van der Waals surface area contributed by atoms with E-state index >= 15 is 0 Å². The van der Waals surface area contributed by atoms with E-state index in [1.165, 1.54) is 6.07 Å². The van der Waals surface area contributed by atoms with Gasteiger partial charge in [0.05, 0.1) is 23.5 Å². The third-order valence-corrected chi connectivity index (χ3v) is 3.32. The molecule has 0 spiro atoms. The van der Waals surface area contributed by atoms with Crippen molar-refractivity contribution in [3.8, 4) is 0 Å². The molecule has 18 heavy (non-hydrogen) atoms. The second-order valence-corrected chi connectivity index (χ2v) is 6.23. The lowest BCUT2D eigenvalue weighted by atomic mass is 10.1. The largest absolute Gasteiger partial charge is 0.396 e. The van der Waals surface area contributed by atoms with E-state index < -0.39 is 10.0 Å². The molecule has 0 aliphatic heterocycles. The van der Waals surface area contributed by atoms with Crippen LogP contribution in [0.3, 0.4) is 0 Å². The van der Waals surface area contributed by atoms with Gasteiger partial charge in [-0.1, -0.05) is 6.07 Å². The predicted molar refractivity (Wildman–Crippen MR) is 71.8 cm³/mol. The maximum atomic E-state index is 11.3. The number of sulfonamides is 1. The first-order valence-electron chi connectivity index (χ1n) is 5.36. The Balaban J connectivity index is 3.13. The van der Waals surface area contributed by atoms with Crippen molar-refractivity contribution in [3.63, 3.8) is 0 Å². The molecule has 0 aliphatic rings. The van der Waals surface area contributed by atoms with Crippen molar-refractivity contribution in [2.45, 2.75) is 24.3 Å². The van der Waals surface area contributed by atoms with E-state index in [-0.39, 0.29) is 16.1 Å². The number of anilines is 2. The Labute approximate surface area is 107 Å². The van der Waals surface area contributed by atoms with Crippen LogP contribution < -0.4 is 16.2 Å². The highest BCUT2D eigenvalue weighted by molar-refractivity contribution is 7.89. The standard InChI is InChI=1S/C11H19N3O3S/c1-11(2,7-17-3)14-8-5-4-6-9(10(8)12)18(13,15)16/h4-6,14H,7,12H2,1-3H3,(H2,13,15,16). The molecule has 0 radical (unpaired) electrons. The van der Waals surface area contributed by atoms with E-state index in [2.05, 4.69) is 5.32 Å². The van der Waals surface area contributed by atoms with Crippen molar-refractivity contribution >= 4 is 21.4 Å². The lowest BCUT2D eigenvalue weighted by Gasteiger charge is -2.27. The fourth-order valence-corrected chi connectivity index (χ4v) is 2.35. The van der Waals surface area contributed by atoms with Gasteiger partial charge in [-0.05, 0) is 26.0 Å². The van der Waals surface area contributed by atoms with Gasteiger partial charge in [0.15, 0.2) is 0 Å². The summed E-state index contributed by atoms with van der Waals surface area (Å²) in [4.78, 5) is -0.0827. The van der Waals surface area contributed by atoms with Crippen LogP contribution in [-0.4, -0.2) is 27.7 Å². The fourth-order valence-electron chi connectivity index (χ4n) is 1.66. The van der Waals surface area contributed by atoms with E-state index in [0.29, 0.717) is 12.3 Å². The zero-order chi connectivity index (χ0) is 14.0. The molecule has 0 amide bonds. The third-order valence-electron chi connectivity index (χ3n) is 2.35. The topological polar surface area (TPSA) is 107 Å². The van der Waals surface area contributed by atoms with Gasteiger partial charge in [-0.25, -0.2) is 13.6 Å². The Morgan fingerprint density at radius 3 is 2.50 bits per heavy atom. The minimum absolute atomic E-state index is 0.0827. The molecule has 0 unspecified atom stereocenters. The van der Waals surface area contributed by atoms with Crippen LogP contribution in [0.4, 0.5) is 11.4 Å². The SMILES string of the molecule is COCC(C)(C)Nc1cccc(S(N)(=O)=O)c1N.